The van der Waals surface area contributed by atoms with Crippen LogP contribution in [0.5, 0.6) is 5.75 Å². The molecule has 0 aliphatic carbocycles. The van der Waals surface area contributed by atoms with Crippen molar-refractivity contribution in [1.82, 2.24) is 10.2 Å². The number of nitrogens with two attached hydrogens (primary N) is 1. The average molecular weight is 292 g/mol. The Bertz CT molecular complexity index is 487. The first-order valence-electron chi connectivity index (χ1n) is 7.34. The van der Waals surface area contributed by atoms with Crippen LogP contribution in [0.4, 0.5) is 11.4 Å². The maximum atomic E-state index is 12.5. The van der Waals surface area contributed by atoms with Crippen molar-refractivity contribution in [2.75, 3.05) is 44.3 Å². The SMILES string of the molecule is CCC(C(=O)Nc1ccc(N)cc1OC)N1CCNCC1. The van der Waals surface area contributed by atoms with Gasteiger partial charge in [0.1, 0.15) is 5.75 Å². The molecule has 1 atom stereocenters. The molecule has 2 rings (SSSR count). The van der Waals surface area contributed by atoms with Crippen molar-refractivity contribution in [1.29, 1.82) is 0 Å². The van der Waals surface area contributed by atoms with E-state index in [-0.39, 0.29) is 11.9 Å². The van der Waals surface area contributed by atoms with Gasteiger partial charge in [-0.1, -0.05) is 6.92 Å². The highest BCUT2D eigenvalue weighted by Crippen LogP contribution is 2.27. The van der Waals surface area contributed by atoms with E-state index < -0.39 is 0 Å². The minimum Gasteiger partial charge on any atom is -0.494 e. The van der Waals surface area contributed by atoms with Crippen molar-refractivity contribution < 1.29 is 9.53 Å². The molecule has 1 fully saturated rings. The number of rotatable bonds is 5. The first kappa shape index (κ1) is 15.6. The third-order valence-electron chi connectivity index (χ3n) is 3.77. The predicted octanol–water partition coefficient (Wildman–Crippen LogP) is 0.900. The molecule has 1 aliphatic rings. The third kappa shape index (κ3) is 3.86. The summed E-state index contributed by atoms with van der Waals surface area (Å²) >= 11 is 0. The van der Waals surface area contributed by atoms with Gasteiger partial charge in [0.05, 0.1) is 18.8 Å². The van der Waals surface area contributed by atoms with Crippen LogP contribution in [0.2, 0.25) is 0 Å². The minimum atomic E-state index is -0.116. The maximum Gasteiger partial charge on any atom is 0.241 e. The zero-order chi connectivity index (χ0) is 15.2. The van der Waals surface area contributed by atoms with Crippen molar-refractivity contribution in [2.24, 2.45) is 0 Å². The molecule has 116 valence electrons. The summed E-state index contributed by atoms with van der Waals surface area (Å²) in [4.78, 5) is 14.8. The highest BCUT2D eigenvalue weighted by Gasteiger charge is 2.25. The lowest BCUT2D eigenvalue weighted by atomic mass is 10.1. The van der Waals surface area contributed by atoms with Crippen LogP contribution >= 0.6 is 0 Å². The topological polar surface area (TPSA) is 79.6 Å². The number of benzene rings is 1. The van der Waals surface area contributed by atoms with Crippen LogP contribution in [0.25, 0.3) is 0 Å². The van der Waals surface area contributed by atoms with Gasteiger partial charge in [-0.2, -0.15) is 0 Å². The monoisotopic (exact) mass is 292 g/mol. The van der Waals surface area contributed by atoms with Gasteiger partial charge in [0, 0.05) is 37.9 Å². The number of hydrogen-bond donors (Lipinski definition) is 3. The Morgan fingerprint density at radius 3 is 2.81 bits per heavy atom. The highest BCUT2D eigenvalue weighted by molar-refractivity contribution is 5.96. The van der Waals surface area contributed by atoms with Gasteiger partial charge in [-0.25, -0.2) is 0 Å². The smallest absolute Gasteiger partial charge is 0.241 e. The van der Waals surface area contributed by atoms with E-state index in [0.717, 1.165) is 32.6 Å². The number of carbonyl (C=O) groups excluding carboxylic acids is 1. The summed E-state index contributed by atoms with van der Waals surface area (Å²) in [5.74, 6) is 0.584. The van der Waals surface area contributed by atoms with Gasteiger partial charge in [-0.05, 0) is 18.6 Å². The minimum absolute atomic E-state index is 0.00229. The molecule has 0 saturated carbocycles. The molecule has 4 N–H and O–H groups in total. The first-order chi connectivity index (χ1) is 10.2. The Morgan fingerprint density at radius 1 is 1.48 bits per heavy atom. The first-order valence-corrected chi connectivity index (χ1v) is 7.34. The Morgan fingerprint density at radius 2 is 2.19 bits per heavy atom. The van der Waals surface area contributed by atoms with E-state index in [4.69, 9.17) is 10.5 Å². The molecule has 0 aromatic heterocycles. The lowest BCUT2D eigenvalue weighted by molar-refractivity contribution is -0.121. The number of piperazine rings is 1. The maximum absolute atomic E-state index is 12.5. The van der Waals surface area contributed by atoms with Crippen LogP contribution in [0.15, 0.2) is 18.2 Å². The number of nitrogen functional groups attached to an aromatic ring is 1. The van der Waals surface area contributed by atoms with E-state index in [1.54, 1.807) is 25.3 Å². The van der Waals surface area contributed by atoms with E-state index in [1.165, 1.54) is 0 Å². The van der Waals surface area contributed by atoms with Crippen molar-refractivity contribution in [3.05, 3.63) is 18.2 Å². The van der Waals surface area contributed by atoms with Crippen LogP contribution in [-0.4, -0.2) is 50.1 Å². The molecule has 6 heteroatoms. The molecule has 1 aromatic carbocycles. The second kappa shape index (κ2) is 7.28. The number of nitrogens with one attached hydrogen (secondary N) is 2. The summed E-state index contributed by atoms with van der Waals surface area (Å²) in [6.07, 6.45) is 0.781. The summed E-state index contributed by atoms with van der Waals surface area (Å²) in [6, 6.07) is 5.12. The summed E-state index contributed by atoms with van der Waals surface area (Å²) in [7, 11) is 1.57. The number of nitrogens with zero attached hydrogens (tertiary/aromatic N) is 1. The number of ether oxygens (including phenoxy) is 1. The van der Waals surface area contributed by atoms with Crippen LogP contribution in [0.3, 0.4) is 0 Å². The molecule has 6 nitrogen and oxygen atoms in total. The van der Waals surface area contributed by atoms with Crippen molar-refractivity contribution >= 4 is 17.3 Å². The van der Waals surface area contributed by atoms with Crippen molar-refractivity contribution in [3.8, 4) is 5.75 Å². The molecule has 0 spiro atoms. The van der Waals surface area contributed by atoms with E-state index in [2.05, 4.69) is 15.5 Å². The number of anilines is 2. The standard InChI is InChI=1S/C15H24N4O2/c1-3-13(19-8-6-17-7-9-19)15(20)18-12-5-4-11(16)10-14(12)21-2/h4-5,10,13,17H,3,6-9,16H2,1-2H3,(H,18,20). The molecule has 1 saturated heterocycles. The fraction of sp³-hybridized carbons (Fsp3) is 0.533. The summed E-state index contributed by atoms with van der Waals surface area (Å²) in [5.41, 5.74) is 7.00. The van der Waals surface area contributed by atoms with Crippen molar-refractivity contribution in [3.63, 3.8) is 0 Å². The molecule has 1 unspecified atom stereocenters. The Labute approximate surface area is 125 Å². The van der Waals surface area contributed by atoms with E-state index >= 15 is 0 Å². The van der Waals surface area contributed by atoms with Crippen LogP contribution in [-0.2, 0) is 4.79 Å². The molecule has 1 amide bonds. The zero-order valence-corrected chi connectivity index (χ0v) is 12.7. The fourth-order valence-corrected chi connectivity index (χ4v) is 2.63. The quantitative estimate of drug-likeness (QED) is 0.703. The molecule has 1 aliphatic heterocycles. The number of amides is 1. The molecule has 1 heterocycles. The van der Waals surface area contributed by atoms with E-state index in [1.807, 2.05) is 6.92 Å². The molecule has 0 radical (unpaired) electrons. The van der Waals surface area contributed by atoms with Gasteiger partial charge in [0.2, 0.25) is 5.91 Å². The molecule has 21 heavy (non-hydrogen) atoms. The van der Waals surface area contributed by atoms with Crippen LogP contribution < -0.4 is 21.1 Å². The van der Waals surface area contributed by atoms with Crippen LogP contribution in [0, 0.1) is 0 Å². The summed E-state index contributed by atoms with van der Waals surface area (Å²) in [5, 5.41) is 6.25. The second-order valence-corrected chi connectivity index (χ2v) is 5.16. The van der Waals surface area contributed by atoms with E-state index in [0.29, 0.717) is 17.1 Å². The van der Waals surface area contributed by atoms with Gasteiger partial charge in [-0.3, -0.25) is 9.69 Å². The van der Waals surface area contributed by atoms with Crippen molar-refractivity contribution in [2.45, 2.75) is 19.4 Å². The lowest BCUT2D eigenvalue weighted by Gasteiger charge is -2.33. The van der Waals surface area contributed by atoms with E-state index in [9.17, 15) is 4.79 Å². The third-order valence-corrected chi connectivity index (χ3v) is 3.77. The van der Waals surface area contributed by atoms with Gasteiger partial charge < -0.3 is 21.1 Å². The fourth-order valence-electron chi connectivity index (χ4n) is 2.63. The average Bonchev–Trinajstić information content (AvgIpc) is 2.51. The Balaban J connectivity index is 2.08. The van der Waals surface area contributed by atoms with Crippen LogP contribution in [0.1, 0.15) is 13.3 Å². The molecule has 1 aromatic rings. The molecular formula is C15H24N4O2. The number of hydrogen-bond acceptors (Lipinski definition) is 5. The zero-order valence-electron chi connectivity index (χ0n) is 12.7. The Hall–Kier alpha value is -1.79. The lowest BCUT2D eigenvalue weighted by Crippen LogP contribution is -2.52. The number of methoxy groups -OCH3 is 1. The predicted molar refractivity (Wildman–Crippen MR) is 84.6 cm³/mol. The van der Waals surface area contributed by atoms with Gasteiger partial charge in [0.25, 0.3) is 0 Å². The molecule has 0 bridgehead atoms. The van der Waals surface area contributed by atoms with Gasteiger partial charge in [0.15, 0.2) is 0 Å². The second-order valence-electron chi connectivity index (χ2n) is 5.16. The highest BCUT2D eigenvalue weighted by atomic mass is 16.5. The Kier molecular flexibility index (Phi) is 5.41. The summed E-state index contributed by atoms with van der Waals surface area (Å²) < 4.78 is 5.27. The largest absolute Gasteiger partial charge is 0.494 e. The van der Waals surface area contributed by atoms with Gasteiger partial charge in [-0.15, -0.1) is 0 Å². The number of carbonyl (C=O) groups is 1. The molecular weight excluding hydrogens is 268 g/mol. The summed E-state index contributed by atoms with van der Waals surface area (Å²) in [6.45, 7) is 5.67. The normalized spacial score (nSPS) is 17.2. The van der Waals surface area contributed by atoms with Gasteiger partial charge >= 0.3 is 0 Å².